The van der Waals surface area contributed by atoms with Crippen LogP contribution in [0.2, 0.25) is 0 Å². The van der Waals surface area contributed by atoms with Gasteiger partial charge in [-0.1, -0.05) is 19.9 Å². The number of aliphatic hydroxyl groups is 1. The third-order valence-corrected chi connectivity index (χ3v) is 2.96. The average molecular weight is 251 g/mol. The fraction of sp³-hybridized carbons (Fsp3) is 0.500. The van der Waals surface area contributed by atoms with Gasteiger partial charge >= 0.3 is 0 Å². The van der Waals surface area contributed by atoms with Gasteiger partial charge in [-0.25, -0.2) is 0 Å². The van der Waals surface area contributed by atoms with E-state index in [2.05, 4.69) is 5.32 Å². The molecule has 0 aromatic heterocycles. The predicted octanol–water partition coefficient (Wildman–Crippen LogP) is 1.84. The second kappa shape index (κ2) is 6.40. The highest BCUT2D eigenvalue weighted by Gasteiger charge is 2.18. The van der Waals surface area contributed by atoms with Crippen LogP contribution in [0.3, 0.4) is 0 Å². The molecule has 1 aromatic carbocycles. The second-order valence-corrected chi connectivity index (χ2v) is 4.86. The molecule has 1 aromatic rings. The first-order valence-electron chi connectivity index (χ1n) is 6.17. The van der Waals surface area contributed by atoms with Crippen molar-refractivity contribution in [3.63, 3.8) is 0 Å². The number of benzene rings is 1. The lowest BCUT2D eigenvalue weighted by molar-refractivity contribution is 0.0914. The number of phenols is 1. The molecule has 18 heavy (non-hydrogen) atoms. The van der Waals surface area contributed by atoms with Crippen molar-refractivity contribution in [1.82, 2.24) is 5.32 Å². The van der Waals surface area contributed by atoms with Crippen LogP contribution in [0.15, 0.2) is 18.2 Å². The van der Waals surface area contributed by atoms with E-state index in [1.54, 1.807) is 18.2 Å². The van der Waals surface area contributed by atoms with Crippen molar-refractivity contribution < 1.29 is 15.0 Å². The Hall–Kier alpha value is -1.55. The van der Waals surface area contributed by atoms with Gasteiger partial charge in [-0.2, -0.15) is 0 Å². The predicted molar refractivity (Wildman–Crippen MR) is 70.6 cm³/mol. The average Bonchev–Trinajstić information content (AvgIpc) is 2.27. The number of aryl methyl sites for hydroxylation is 1. The fourth-order valence-corrected chi connectivity index (χ4v) is 1.79. The summed E-state index contributed by atoms with van der Waals surface area (Å²) in [4.78, 5) is 12.0. The number of hydrogen-bond donors (Lipinski definition) is 3. The van der Waals surface area contributed by atoms with Crippen LogP contribution in [0, 0.1) is 12.8 Å². The lowest BCUT2D eigenvalue weighted by Crippen LogP contribution is -2.39. The van der Waals surface area contributed by atoms with E-state index in [1.807, 2.05) is 20.8 Å². The molecule has 0 radical (unpaired) electrons. The number of carbonyl (C=O) groups excluding carboxylic acids is 1. The Kier molecular flexibility index (Phi) is 5.16. The highest BCUT2D eigenvalue weighted by atomic mass is 16.3. The third-order valence-electron chi connectivity index (χ3n) is 2.96. The van der Waals surface area contributed by atoms with Gasteiger partial charge in [-0.3, -0.25) is 4.79 Å². The van der Waals surface area contributed by atoms with Gasteiger partial charge in [0.25, 0.3) is 5.91 Å². The van der Waals surface area contributed by atoms with Gasteiger partial charge in [0, 0.05) is 12.6 Å². The monoisotopic (exact) mass is 251 g/mol. The molecule has 0 bridgehead atoms. The summed E-state index contributed by atoms with van der Waals surface area (Å²) in [5.74, 6) is -0.0904. The Morgan fingerprint density at radius 3 is 2.56 bits per heavy atom. The van der Waals surface area contributed by atoms with Gasteiger partial charge in [0.1, 0.15) is 5.75 Å². The number of rotatable bonds is 5. The van der Waals surface area contributed by atoms with E-state index in [1.165, 1.54) is 0 Å². The lowest BCUT2D eigenvalue weighted by atomic mass is 10.0. The molecule has 0 aliphatic rings. The Labute approximate surface area is 108 Å². The fourth-order valence-electron chi connectivity index (χ4n) is 1.79. The third kappa shape index (κ3) is 3.74. The molecule has 0 heterocycles. The maximum Gasteiger partial charge on any atom is 0.255 e. The first-order chi connectivity index (χ1) is 8.45. The molecule has 0 fully saturated rings. The molecule has 1 rings (SSSR count). The summed E-state index contributed by atoms with van der Waals surface area (Å²) in [6.45, 7) is 5.85. The number of amides is 1. The Morgan fingerprint density at radius 1 is 1.39 bits per heavy atom. The van der Waals surface area contributed by atoms with E-state index in [9.17, 15) is 9.90 Å². The molecular formula is C14H21NO3. The Bertz CT molecular complexity index is 416. The number of aliphatic hydroxyl groups excluding tert-OH is 1. The van der Waals surface area contributed by atoms with Crippen LogP contribution in [-0.4, -0.2) is 28.8 Å². The Morgan fingerprint density at radius 2 is 2.06 bits per heavy atom. The van der Waals surface area contributed by atoms with Crippen molar-refractivity contribution in [3.05, 3.63) is 29.3 Å². The zero-order valence-electron chi connectivity index (χ0n) is 11.1. The first kappa shape index (κ1) is 14.5. The molecule has 1 unspecified atom stereocenters. The smallest absolute Gasteiger partial charge is 0.255 e. The summed E-state index contributed by atoms with van der Waals surface area (Å²) in [7, 11) is 0. The molecule has 100 valence electrons. The quantitative estimate of drug-likeness (QED) is 0.748. The molecule has 4 nitrogen and oxygen atoms in total. The van der Waals surface area contributed by atoms with Crippen LogP contribution < -0.4 is 5.32 Å². The number of nitrogens with one attached hydrogen (secondary N) is 1. The van der Waals surface area contributed by atoms with Crippen molar-refractivity contribution in [3.8, 4) is 5.75 Å². The number of phenolic OH excluding ortho intramolecular Hbond substituents is 1. The summed E-state index contributed by atoms with van der Waals surface area (Å²) in [6.07, 6.45) is 0.510. The van der Waals surface area contributed by atoms with E-state index in [-0.39, 0.29) is 35.8 Å². The zero-order valence-corrected chi connectivity index (χ0v) is 11.1. The second-order valence-electron chi connectivity index (χ2n) is 4.86. The van der Waals surface area contributed by atoms with Crippen LogP contribution in [0.1, 0.15) is 36.2 Å². The van der Waals surface area contributed by atoms with E-state index >= 15 is 0 Å². The van der Waals surface area contributed by atoms with Crippen molar-refractivity contribution in [2.45, 2.75) is 33.2 Å². The van der Waals surface area contributed by atoms with Gasteiger partial charge in [0.2, 0.25) is 0 Å². The van der Waals surface area contributed by atoms with Crippen molar-refractivity contribution in [2.24, 2.45) is 5.92 Å². The lowest BCUT2D eigenvalue weighted by Gasteiger charge is -2.21. The summed E-state index contributed by atoms with van der Waals surface area (Å²) in [5, 5.41) is 21.5. The van der Waals surface area contributed by atoms with E-state index in [0.717, 1.165) is 5.56 Å². The highest BCUT2D eigenvalue weighted by Crippen LogP contribution is 2.19. The SMILES string of the molecule is Cc1ccc(C(=O)NC(CCO)C(C)C)c(O)c1. The summed E-state index contributed by atoms with van der Waals surface area (Å²) in [5.41, 5.74) is 1.17. The molecule has 0 spiro atoms. The molecule has 1 atom stereocenters. The van der Waals surface area contributed by atoms with Gasteiger partial charge in [-0.05, 0) is 37.0 Å². The summed E-state index contributed by atoms with van der Waals surface area (Å²) in [6, 6.07) is 4.86. The maximum atomic E-state index is 12.0. The minimum absolute atomic E-state index is 0.0148. The van der Waals surface area contributed by atoms with Gasteiger partial charge < -0.3 is 15.5 Å². The number of hydrogen-bond acceptors (Lipinski definition) is 3. The first-order valence-corrected chi connectivity index (χ1v) is 6.17. The summed E-state index contributed by atoms with van der Waals surface area (Å²) < 4.78 is 0. The van der Waals surface area contributed by atoms with Crippen molar-refractivity contribution in [2.75, 3.05) is 6.61 Å². The van der Waals surface area contributed by atoms with Crippen LogP contribution >= 0.6 is 0 Å². The van der Waals surface area contributed by atoms with Gasteiger partial charge in [-0.15, -0.1) is 0 Å². The van der Waals surface area contributed by atoms with Crippen LogP contribution in [0.5, 0.6) is 5.75 Å². The van der Waals surface area contributed by atoms with Crippen molar-refractivity contribution >= 4 is 5.91 Å². The molecule has 0 aliphatic carbocycles. The largest absolute Gasteiger partial charge is 0.507 e. The summed E-state index contributed by atoms with van der Waals surface area (Å²) >= 11 is 0. The molecule has 0 aliphatic heterocycles. The van der Waals surface area contributed by atoms with E-state index < -0.39 is 0 Å². The number of carbonyl (C=O) groups is 1. The molecule has 0 saturated carbocycles. The highest BCUT2D eigenvalue weighted by molar-refractivity contribution is 5.97. The van der Waals surface area contributed by atoms with Gasteiger partial charge in [0.05, 0.1) is 5.56 Å². The minimum Gasteiger partial charge on any atom is -0.507 e. The molecule has 4 heteroatoms. The Balaban J connectivity index is 2.80. The molecule has 1 amide bonds. The topological polar surface area (TPSA) is 69.6 Å². The van der Waals surface area contributed by atoms with Crippen LogP contribution in [0.4, 0.5) is 0 Å². The maximum absolute atomic E-state index is 12.0. The standard InChI is InChI=1S/C14H21NO3/c1-9(2)12(6-7-16)15-14(18)11-5-4-10(3)8-13(11)17/h4-5,8-9,12,16-17H,6-7H2,1-3H3,(H,15,18). The normalized spacial score (nSPS) is 12.5. The minimum atomic E-state index is -0.306. The van der Waals surface area contributed by atoms with Crippen molar-refractivity contribution in [1.29, 1.82) is 0 Å². The van der Waals surface area contributed by atoms with E-state index in [0.29, 0.717) is 6.42 Å². The molecular weight excluding hydrogens is 230 g/mol. The van der Waals surface area contributed by atoms with E-state index in [4.69, 9.17) is 5.11 Å². The molecule has 0 saturated heterocycles. The van der Waals surface area contributed by atoms with Crippen LogP contribution in [-0.2, 0) is 0 Å². The van der Waals surface area contributed by atoms with Crippen LogP contribution in [0.25, 0.3) is 0 Å². The number of aromatic hydroxyl groups is 1. The van der Waals surface area contributed by atoms with Gasteiger partial charge in [0.15, 0.2) is 0 Å². The molecule has 3 N–H and O–H groups in total. The zero-order chi connectivity index (χ0) is 13.7.